The van der Waals surface area contributed by atoms with Gasteiger partial charge in [-0.05, 0) is 45.4 Å². The first-order valence-electron chi connectivity index (χ1n) is 9.32. The fourth-order valence-corrected chi connectivity index (χ4v) is 4.99. The molecule has 4 N–H and O–H groups in total. The Balaban J connectivity index is 1.59. The van der Waals surface area contributed by atoms with E-state index in [0.29, 0.717) is 31.5 Å². The minimum Gasteiger partial charge on any atom is -0.393 e. The minimum atomic E-state index is -0.501. The van der Waals surface area contributed by atoms with E-state index in [9.17, 15) is 9.90 Å². The number of rotatable bonds is 3. The van der Waals surface area contributed by atoms with Gasteiger partial charge in [0, 0.05) is 30.7 Å². The maximum Gasteiger partial charge on any atom is 0.257 e. The second kappa shape index (κ2) is 8.05. The molecule has 2 aliphatic rings. The third-order valence-electron chi connectivity index (χ3n) is 6.06. The van der Waals surface area contributed by atoms with E-state index >= 15 is 0 Å². The molecule has 1 saturated carbocycles. The Labute approximate surface area is 164 Å². The lowest BCUT2D eigenvalue weighted by Gasteiger charge is -2.42. The van der Waals surface area contributed by atoms with Crippen LogP contribution in [0.4, 0.5) is 0 Å². The summed E-state index contributed by atoms with van der Waals surface area (Å²) in [7, 11) is 0. The van der Waals surface area contributed by atoms with Crippen LogP contribution in [-0.4, -0.2) is 62.1 Å². The van der Waals surface area contributed by atoms with Gasteiger partial charge in [0.2, 0.25) is 0 Å². The quantitative estimate of drug-likeness (QED) is 0.675. The van der Waals surface area contributed by atoms with Crippen molar-refractivity contribution in [2.45, 2.75) is 62.4 Å². The number of amides is 1. The molecule has 3 rings (SSSR count). The maximum atomic E-state index is 12.8. The van der Waals surface area contributed by atoms with Crippen molar-refractivity contribution in [3.8, 4) is 0 Å². The predicted molar refractivity (Wildman–Crippen MR) is 103 cm³/mol. The van der Waals surface area contributed by atoms with Crippen molar-refractivity contribution in [3.63, 3.8) is 0 Å². The average molecular weight is 403 g/mol. The number of aromatic amines is 1. The van der Waals surface area contributed by atoms with Crippen LogP contribution in [0.25, 0.3) is 0 Å². The van der Waals surface area contributed by atoms with E-state index in [1.165, 1.54) is 0 Å². The van der Waals surface area contributed by atoms with Crippen molar-refractivity contribution in [3.05, 3.63) is 17.0 Å². The molecule has 26 heavy (non-hydrogen) atoms. The Bertz CT molecular complexity index is 626. The first-order valence-corrected chi connectivity index (χ1v) is 10.2. The number of nitrogens with two attached hydrogens (primary N) is 1. The molecular weight excluding hydrogens is 375 g/mol. The summed E-state index contributed by atoms with van der Waals surface area (Å²) in [5.41, 5.74) is 8.72. The molecule has 1 saturated heterocycles. The predicted octanol–water partition coefficient (Wildman–Crippen LogP) is 2.19. The van der Waals surface area contributed by atoms with Crippen LogP contribution in [0.2, 0.25) is 0 Å². The monoisotopic (exact) mass is 402 g/mol. The van der Waals surface area contributed by atoms with Gasteiger partial charge in [-0.25, -0.2) is 0 Å². The number of hydrogen-bond acceptors (Lipinski definition) is 4. The number of alkyl halides is 2. The number of nitrogens with one attached hydrogen (secondary N) is 1. The van der Waals surface area contributed by atoms with Crippen molar-refractivity contribution in [1.82, 2.24) is 15.1 Å². The number of carbonyl (C=O) groups excluding carboxylic acids is 1. The van der Waals surface area contributed by atoms with Gasteiger partial charge in [0.05, 0.1) is 28.1 Å². The van der Waals surface area contributed by atoms with Crippen LogP contribution in [0.1, 0.15) is 47.4 Å². The van der Waals surface area contributed by atoms with Gasteiger partial charge < -0.3 is 15.7 Å². The molecule has 1 aliphatic carbocycles. The van der Waals surface area contributed by atoms with Gasteiger partial charge in [0.1, 0.15) is 0 Å². The second-order valence-electron chi connectivity index (χ2n) is 7.75. The zero-order valence-electron chi connectivity index (χ0n) is 15.3. The fraction of sp³-hybridized carbons (Fsp3) is 0.778. The van der Waals surface area contributed by atoms with E-state index < -0.39 is 6.10 Å². The lowest BCUT2D eigenvalue weighted by Crippen LogP contribution is -2.51. The third kappa shape index (κ3) is 3.88. The second-order valence-corrected chi connectivity index (χ2v) is 8.87. The highest BCUT2D eigenvalue weighted by molar-refractivity contribution is 6.30. The zero-order valence-corrected chi connectivity index (χ0v) is 16.8. The molecule has 1 aromatic rings. The summed E-state index contributed by atoms with van der Waals surface area (Å²) >= 11 is 12.5. The number of aromatic nitrogens is 2. The first-order chi connectivity index (χ1) is 12.3. The van der Waals surface area contributed by atoms with Crippen molar-refractivity contribution >= 4 is 29.1 Å². The largest absolute Gasteiger partial charge is 0.393 e. The molecule has 2 fully saturated rings. The summed E-state index contributed by atoms with van der Waals surface area (Å²) in [4.78, 5) is 14.7. The lowest BCUT2D eigenvalue weighted by molar-refractivity contribution is 0.0338. The van der Waals surface area contributed by atoms with Crippen LogP contribution < -0.4 is 5.73 Å². The smallest absolute Gasteiger partial charge is 0.257 e. The van der Waals surface area contributed by atoms with Gasteiger partial charge in [-0.15, -0.1) is 23.2 Å². The molecule has 4 unspecified atom stereocenters. The van der Waals surface area contributed by atoms with Crippen LogP contribution >= 0.6 is 23.2 Å². The van der Waals surface area contributed by atoms with E-state index in [4.69, 9.17) is 28.9 Å². The molecule has 1 amide bonds. The maximum absolute atomic E-state index is 12.8. The van der Waals surface area contributed by atoms with Gasteiger partial charge >= 0.3 is 0 Å². The van der Waals surface area contributed by atoms with E-state index in [0.717, 1.165) is 24.2 Å². The fourth-order valence-electron chi connectivity index (χ4n) is 4.39. The third-order valence-corrected chi connectivity index (χ3v) is 7.15. The van der Waals surface area contributed by atoms with Gasteiger partial charge in [-0.1, -0.05) is 0 Å². The molecule has 146 valence electrons. The molecule has 8 heteroatoms. The van der Waals surface area contributed by atoms with E-state index in [-0.39, 0.29) is 34.5 Å². The SMILES string of the molecule is Cc1n[nH]c(C)c1C(=O)N1CCC([C@@H](N)C2CC(Cl)C(Cl)CC2O)CC1. The topological polar surface area (TPSA) is 95.2 Å². The molecule has 0 bridgehead atoms. The molecule has 1 aromatic heterocycles. The number of aliphatic hydroxyl groups is 1. The normalized spacial score (nSPS) is 31.8. The van der Waals surface area contributed by atoms with Crippen LogP contribution in [0.3, 0.4) is 0 Å². The summed E-state index contributed by atoms with van der Waals surface area (Å²) < 4.78 is 0. The minimum absolute atomic E-state index is 0.0295. The van der Waals surface area contributed by atoms with E-state index in [1.54, 1.807) is 0 Å². The van der Waals surface area contributed by atoms with Crippen LogP contribution in [0, 0.1) is 25.7 Å². The Hall–Kier alpha value is -0.820. The molecule has 0 radical (unpaired) electrons. The zero-order chi connectivity index (χ0) is 19.0. The number of halogens is 2. The number of carbonyl (C=O) groups is 1. The number of piperidine rings is 1. The van der Waals surface area contributed by atoms with Crippen molar-refractivity contribution in [2.75, 3.05) is 13.1 Å². The lowest BCUT2D eigenvalue weighted by atomic mass is 9.74. The number of aryl methyl sites for hydroxylation is 2. The molecule has 0 spiro atoms. The number of hydrogen-bond donors (Lipinski definition) is 3. The highest BCUT2D eigenvalue weighted by atomic mass is 35.5. The Kier molecular flexibility index (Phi) is 6.17. The molecule has 6 nitrogen and oxygen atoms in total. The molecule has 1 aliphatic heterocycles. The number of nitrogens with zero attached hydrogens (tertiary/aromatic N) is 2. The van der Waals surface area contributed by atoms with Gasteiger partial charge in [0.15, 0.2) is 0 Å². The van der Waals surface area contributed by atoms with Crippen LogP contribution in [-0.2, 0) is 0 Å². The van der Waals surface area contributed by atoms with E-state index in [1.807, 2.05) is 18.7 Å². The molecule has 2 heterocycles. The molecule has 0 aromatic carbocycles. The van der Waals surface area contributed by atoms with Crippen molar-refractivity contribution in [2.24, 2.45) is 17.6 Å². The summed E-state index contributed by atoms with van der Waals surface area (Å²) in [6, 6.07) is -0.120. The molecule has 5 atom stereocenters. The summed E-state index contributed by atoms with van der Waals surface area (Å²) in [6.45, 7) is 5.06. The molecular formula is C18H28Cl2N4O2. The highest BCUT2D eigenvalue weighted by Crippen LogP contribution is 2.37. The first kappa shape index (κ1) is 19.9. The number of aliphatic hydroxyl groups excluding tert-OH is 1. The van der Waals surface area contributed by atoms with Gasteiger partial charge in [-0.2, -0.15) is 5.10 Å². The Morgan fingerprint density at radius 1 is 1.27 bits per heavy atom. The van der Waals surface area contributed by atoms with Crippen molar-refractivity contribution < 1.29 is 9.90 Å². The number of likely N-dealkylation sites (tertiary alicyclic amines) is 1. The summed E-state index contributed by atoms with van der Waals surface area (Å²) in [6.07, 6.45) is 2.31. The average Bonchev–Trinajstić information content (AvgIpc) is 2.95. The van der Waals surface area contributed by atoms with Crippen LogP contribution in [0.15, 0.2) is 0 Å². The Morgan fingerprint density at radius 3 is 2.46 bits per heavy atom. The van der Waals surface area contributed by atoms with Crippen molar-refractivity contribution in [1.29, 1.82) is 0 Å². The van der Waals surface area contributed by atoms with Gasteiger partial charge in [0.25, 0.3) is 5.91 Å². The summed E-state index contributed by atoms with van der Waals surface area (Å²) in [5, 5.41) is 17.0. The summed E-state index contributed by atoms with van der Waals surface area (Å²) in [5.74, 6) is 0.281. The van der Waals surface area contributed by atoms with E-state index in [2.05, 4.69) is 10.2 Å². The van der Waals surface area contributed by atoms with Gasteiger partial charge in [-0.3, -0.25) is 9.89 Å². The number of H-pyrrole nitrogens is 1. The standard InChI is InChI=1S/C18H28Cl2N4O2/c1-9-16(10(2)23-22-9)18(26)24-5-3-11(4-6-24)17(21)12-7-13(19)14(20)8-15(12)25/h11-15,17,25H,3-8,21H2,1-2H3,(H,22,23)/t12?,13?,14?,15?,17-/m1/s1. The Morgan fingerprint density at radius 2 is 1.88 bits per heavy atom. The van der Waals surface area contributed by atoms with Crippen LogP contribution in [0.5, 0.6) is 0 Å². The highest BCUT2D eigenvalue weighted by Gasteiger charge is 2.40.